The molecule has 6 aromatic carbocycles. The Bertz CT molecular complexity index is 2840. The van der Waals surface area contributed by atoms with Gasteiger partial charge < -0.3 is 4.42 Å². The number of nitrogens with zero attached hydrogens (tertiary/aromatic N) is 4. The fraction of sp³-hybridized carbons (Fsp3) is 0. The van der Waals surface area contributed by atoms with Gasteiger partial charge in [0, 0.05) is 52.3 Å². The van der Waals surface area contributed by atoms with Gasteiger partial charge in [0.2, 0.25) is 0 Å². The fourth-order valence-corrected chi connectivity index (χ4v) is 7.24. The van der Waals surface area contributed by atoms with E-state index >= 15 is 0 Å². The van der Waals surface area contributed by atoms with E-state index in [1.807, 2.05) is 73.2 Å². The van der Waals surface area contributed by atoms with Crippen LogP contribution in [0, 0.1) is 0 Å². The smallest absolute Gasteiger partial charge is 0.160 e. The zero-order valence-corrected chi connectivity index (χ0v) is 29.7. The van der Waals surface area contributed by atoms with Crippen LogP contribution in [0.4, 0.5) is 0 Å². The maximum absolute atomic E-state index is 6.30. The summed E-state index contributed by atoms with van der Waals surface area (Å²) in [6.07, 6.45) is 7.35. The Morgan fingerprint density at radius 1 is 0.309 bits per heavy atom. The van der Waals surface area contributed by atoms with Gasteiger partial charge in [0.1, 0.15) is 11.2 Å². The van der Waals surface area contributed by atoms with Crippen molar-refractivity contribution < 1.29 is 4.42 Å². The molecule has 258 valence electrons. The van der Waals surface area contributed by atoms with Gasteiger partial charge in [-0.2, -0.15) is 0 Å². The number of hydrogen-bond donors (Lipinski definition) is 0. The molecule has 5 heteroatoms. The molecule has 0 aliphatic carbocycles. The SMILES string of the molecule is c1ccc(-c2nc(-c3cc(-c4ccc(-c5ccncc5)cc4)cc(-c4ccc(-c5cccnc5)cc4)c3)cc(-c3ccc4c(c3)oc3ccccc34)n2)cc1. The highest BCUT2D eigenvalue weighted by Gasteiger charge is 2.16. The summed E-state index contributed by atoms with van der Waals surface area (Å²) in [6, 6.07) is 59.0. The van der Waals surface area contributed by atoms with Crippen LogP contribution in [0.5, 0.6) is 0 Å². The van der Waals surface area contributed by atoms with E-state index in [0.717, 1.165) is 94.5 Å². The van der Waals surface area contributed by atoms with Crippen LogP contribution in [0.1, 0.15) is 0 Å². The van der Waals surface area contributed by atoms with Gasteiger partial charge in [-0.15, -0.1) is 0 Å². The molecule has 4 aromatic heterocycles. The second-order valence-electron chi connectivity index (χ2n) is 13.6. The number of hydrogen-bond acceptors (Lipinski definition) is 5. The summed E-state index contributed by atoms with van der Waals surface area (Å²) in [5.41, 5.74) is 15.1. The lowest BCUT2D eigenvalue weighted by molar-refractivity contribution is 0.669. The minimum atomic E-state index is 0.660. The molecule has 0 N–H and O–H groups in total. The van der Waals surface area contributed by atoms with Gasteiger partial charge in [0.15, 0.2) is 5.82 Å². The molecule has 0 spiro atoms. The Morgan fingerprint density at radius 2 is 0.855 bits per heavy atom. The van der Waals surface area contributed by atoms with Crippen molar-refractivity contribution in [2.24, 2.45) is 0 Å². The first-order chi connectivity index (χ1) is 27.2. The normalized spacial score (nSPS) is 11.3. The summed E-state index contributed by atoms with van der Waals surface area (Å²) in [4.78, 5) is 18.9. The minimum Gasteiger partial charge on any atom is -0.456 e. The molecule has 55 heavy (non-hydrogen) atoms. The largest absolute Gasteiger partial charge is 0.456 e. The predicted octanol–water partition coefficient (Wildman–Crippen LogP) is 12.8. The van der Waals surface area contributed by atoms with E-state index in [1.54, 1.807) is 6.20 Å². The molecule has 10 rings (SSSR count). The third-order valence-electron chi connectivity index (χ3n) is 10.1. The van der Waals surface area contributed by atoms with Crippen LogP contribution in [-0.2, 0) is 0 Å². The average Bonchev–Trinajstić information content (AvgIpc) is 3.65. The second kappa shape index (κ2) is 13.8. The molecule has 4 heterocycles. The molecule has 0 unspecified atom stereocenters. The molecule has 0 bridgehead atoms. The number of fused-ring (bicyclic) bond motifs is 3. The van der Waals surface area contributed by atoms with Crippen molar-refractivity contribution in [2.45, 2.75) is 0 Å². The van der Waals surface area contributed by atoms with Gasteiger partial charge >= 0.3 is 0 Å². The van der Waals surface area contributed by atoms with Crippen LogP contribution in [0.3, 0.4) is 0 Å². The highest BCUT2D eigenvalue weighted by atomic mass is 16.3. The van der Waals surface area contributed by atoms with E-state index in [-0.39, 0.29) is 0 Å². The first-order valence-electron chi connectivity index (χ1n) is 18.3. The fourth-order valence-electron chi connectivity index (χ4n) is 7.24. The van der Waals surface area contributed by atoms with Crippen LogP contribution >= 0.6 is 0 Å². The van der Waals surface area contributed by atoms with Gasteiger partial charge in [-0.3, -0.25) is 9.97 Å². The Hall–Kier alpha value is -7.50. The van der Waals surface area contributed by atoms with Crippen molar-refractivity contribution in [1.82, 2.24) is 19.9 Å². The quantitative estimate of drug-likeness (QED) is 0.165. The van der Waals surface area contributed by atoms with Crippen molar-refractivity contribution in [1.29, 1.82) is 0 Å². The van der Waals surface area contributed by atoms with Crippen molar-refractivity contribution >= 4 is 21.9 Å². The third kappa shape index (κ3) is 6.34. The highest BCUT2D eigenvalue weighted by molar-refractivity contribution is 6.05. The molecule has 0 amide bonds. The van der Waals surface area contributed by atoms with Crippen molar-refractivity contribution in [3.8, 4) is 78.4 Å². The Morgan fingerprint density at radius 3 is 1.55 bits per heavy atom. The topological polar surface area (TPSA) is 64.7 Å². The van der Waals surface area contributed by atoms with E-state index in [1.165, 1.54) is 0 Å². The summed E-state index contributed by atoms with van der Waals surface area (Å²) in [7, 11) is 0. The van der Waals surface area contributed by atoms with E-state index in [9.17, 15) is 0 Å². The lowest BCUT2D eigenvalue weighted by atomic mass is 9.93. The number of aromatic nitrogens is 4. The van der Waals surface area contributed by atoms with E-state index in [4.69, 9.17) is 14.4 Å². The van der Waals surface area contributed by atoms with Crippen LogP contribution in [0.15, 0.2) is 199 Å². The summed E-state index contributed by atoms with van der Waals surface area (Å²) < 4.78 is 6.30. The molecule has 0 atom stereocenters. The molecule has 0 aliphatic heterocycles. The Labute approximate surface area is 318 Å². The first kappa shape index (κ1) is 32.2. The zero-order valence-electron chi connectivity index (χ0n) is 29.7. The summed E-state index contributed by atoms with van der Waals surface area (Å²) in [6.45, 7) is 0. The molecule has 5 nitrogen and oxygen atoms in total. The van der Waals surface area contributed by atoms with Gasteiger partial charge in [0.25, 0.3) is 0 Å². The molecule has 0 aliphatic rings. The molecule has 0 saturated heterocycles. The number of para-hydroxylation sites is 1. The van der Waals surface area contributed by atoms with Gasteiger partial charge in [-0.25, -0.2) is 9.97 Å². The van der Waals surface area contributed by atoms with Crippen molar-refractivity contribution in [3.05, 3.63) is 195 Å². The van der Waals surface area contributed by atoms with Crippen LogP contribution in [0.2, 0.25) is 0 Å². The maximum atomic E-state index is 6.30. The average molecular weight is 705 g/mol. The molecule has 0 radical (unpaired) electrons. The van der Waals surface area contributed by atoms with Crippen LogP contribution < -0.4 is 0 Å². The monoisotopic (exact) mass is 704 g/mol. The van der Waals surface area contributed by atoms with Gasteiger partial charge in [0.05, 0.1) is 11.4 Å². The van der Waals surface area contributed by atoms with Crippen LogP contribution in [0.25, 0.3) is 100 Å². The Kier molecular flexibility index (Phi) is 8.08. The third-order valence-corrected chi connectivity index (χ3v) is 10.1. The summed E-state index contributed by atoms with van der Waals surface area (Å²) in [5.74, 6) is 0.660. The summed E-state index contributed by atoms with van der Waals surface area (Å²) in [5, 5.41) is 2.18. The van der Waals surface area contributed by atoms with Crippen molar-refractivity contribution in [2.75, 3.05) is 0 Å². The summed E-state index contributed by atoms with van der Waals surface area (Å²) >= 11 is 0. The maximum Gasteiger partial charge on any atom is 0.160 e. The second-order valence-corrected chi connectivity index (χ2v) is 13.6. The zero-order chi connectivity index (χ0) is 36.6. The minimum absolute atomic E-state index is 0.660. The van der Waals surface area contributed by atoms with E-state index in [2.05, 4.69) is 125 Å². The molecule has 0 saturated carbocycles. The molecule has 10 aromatic rings. The molecular weight excluding hydrogens is 673 g/mol. The van der Waals surface area contributed by atoms with Gasteiger partial charge in [-0.1, -0.05) is 109 Å². The van der Waals surface area contributed by atoms with Crippen LogP contribution in [-0.4, -0.2) is 19.9 Å². The predicted molar refractivity (Wildman–Crippen MR) is 223 cm³/mol. The van der Waals surface area contributed by atoms with E-state index < -0.39 is 0 Å². The number of furan rings is 1. The van der Waals surface area contributed by atoms with Gasteiger partial charge in [-0.05, 0) is 105 Å². The number of pyridine rings is 2. The number of benzene rings is 6. The van der Waals surface area contributed by atoms with E-state index in [0.29, 0.717) is 5.82 Å². The standard InChI is InChI=1S/C50H32N4O/c1-2-7-38(8-3-1)50-53-46(39-20-21-45-44-10-4-5-11-48(44)55-49(45)30-39)31-47(54-50)43-28-41(35-16-12-33(13-17-35)37-22-25-51-26-23-37)27-42(29-43)36-18-14-34(15-19-36)40-9-6-24-52-32-40/h1-32H. The lowest BCUT2D eigenvalue weighted by Crippen LogP contribution is -1.96. The van der Waals surface area contributed by atoms with Crippen molar-refractivity contribution in [3.63, 3.8) is 0 Å². The first-order valence-corrected chi connectivity index (χ1v) is 18.3. The molecular formula is C50H32N4O. The number of rotatable bonds is 7. The molecule has 0 fully saturated rings. The highest BCUT2D eigenvalue weighted by Crippen LogP contribution is 2.37. The Balaban J connectivity index is 1.13. The lowest BCUT2D eigenvalue weighted by Gasteiger charge is -2.14.